The molecule has 2 aromatic heterocycles. The minimum absolute atomic E-state index is 0.105. The maximum absolute atomic E-state index is 13.0. The van der Waals surface area contributed by atoms with Crippen molar-refractivity contribution in [2.75, 3.05) is 5.32 Å². The van der Waals surface area contributed by atoms with Crippen molar-refractivity contribution in [3.8, 4) is 0 Å². The summed E-state index contributed by atoms with van der Waals surface area (Å²) in [6.45, 7) is 2.00. The van der Waals surface area contributed by atoms with Gasteiger partial charge in [-0.2, -0.15) is 0 Å². The molecule has 0 fully saturated rings. The van der Waals surface area contributed by atoms with Crippen LogP contribution in [0.4, 0.5) is 5.69 Å². The maximum Gasteiger partial charge on any atom is 0.256 e. The standard InChI is InChI=1S/C26H21N3OS3/c1-17-27-20(15-31-17)16-32-23-8-4-2-6-21(23)26(30)28-19-12-10-18(11-13-19)14-25-29-22-7-3-5-9-24(22)33-25/h2-13,15H,14,16H2,1H3,(H,28,30). The Labute approximate surface area is 204 Å². The number of nitrogens with zero attached hydrogens (tertiary/aromatic N) is 2. The fourth-order valence-corrected chi connectivity index (χ4v) is 6.14. The van der Waals surface area contributed by atoms with E-state index >= 15 is 0 Å². The SMILES string of the molecule is Cc1nc(CSc2ccccc2C(=O)Nc2ccc(Cc3nc4ccccc4s3)cc2)cs1. The first-order chi connectivity index (χ1) is 16.1. The number of aromatic nitrogens is 2. The number of hydrogen-bond acceptors (Lipinski definition) is 6. The van der Waals surface area contributed by atoms with Crippen LogP contribution in [0.1, 0.15) is 31.6 Å². The first kappa shape index (κ1) is 21.8. The van der Waals surface area contributed by atoms with Crippen molar-refractivity contribution >= 4 is 56.2 Å². The van der Waals surface area contributed by atoms with E-state index in [1.165, 1.54) is 10.3 Å². The molecule has 1 amide bonds. The Kier molecular flexibility index (Phi) is 6.53. The molecule has 0 aliphatic heterocycles. The van der Waals surface area contributed by atoms with Crippen molar-refractivity contribution in [2.24, 2.45) is 0 Å². The van der Waals surface area contributed by atoms with Crippen molar-refractivity contribution in [3.05, 3.63) is 105 Å². The third kappa shape index (κ3) is 5.33. The normalized spacial score (nSPS) is 11.1. The summed E-state index contributed by atoms with van der Waals surface area (Å²) in [4.78, 5) is 23.2. The minimum atomic E-state index is -0.105. The molecule has 5 aromatic rings. The lowest BCUT2D eigenvalue weighted by Gasteiger charge is -2.10. The van der Waals surface area contributed by atoms with E-state index in [0.717, 1.165) is 44.0 Å². The van der Waals surface area contributed by atoms with Crippen LogP contribution in [0.25, 0.3) is 10.2 Å². The zero-order valence-corrected chi connectivity index (χ0v) is 20.4. The summed E-state index contributed by atoms with van der Waals surface area (Å²) in [5, 5.41) is 7.26. The largest absolute Gasteiger partial charge is 0.322 e. The molecule has 0 bridgehead atoms. The molecule has 7 heteroatoms. The van der Waals surface area contributed by atoms with Gasteiger partial charge in [-0.05, 0) is 48.9 Å². The van der Waals surface area contributed by atoms with Crippen LogP contribution >= 0.6 is 34.4 Å². The van der Waals surface area contributed by atoms with Crippen molar-refractivity contribution < 1.29 is 4.79 Å². The molecule has 5 rings (SSSR count). The number of para-hydroxylation sites is 1. The minimum Gasteiger partial charge on any atom is -0.322 e. The Balaban J connectivity index is 1.24. The number of fused-ring (bicyclic) bond motifs is 1. The van der Waals surface area contributed by atoms with Gasteiger partial charge in [-0.3, -0.25) is 4.79 Å². The fraction of sp³-hybridized carbons (Fsp3) is 0.115. The van der Waals surface area contributed by atoms with E-state index in [1.807, 2.05) is 73.7 Å². The molecular weight excluding hydrogens is 467 g/mol. The second-order valence-corrected chi connectivity index (χ2v) is 10.7. The van der Waals surface area contributed by atoms with Crippen LogP contribution in [0.3, 0.4) is 0 Å². The average molecular weight is 488 g/mol. The second kappa shape index (κ2) is 9.87. The van der Waals surface area contributed by atoms with E-state index in [-0.39, 0.29) is 5.91 Å². The number of carbonyl (C=O) groups is 1. The van der Waals surface area contributed by atoms with Crippen LogP contribution < -0.4 is 5.32 Å². The number of rotatable bonds is 7. The van der Waals surface area contributed by atoms with E-state index in [9.17, 15) is 4.79 Å². The van der Waals surface area contributed by atoms with Gasteiger partial charge in [0.25, 0.3) is 5.91 Å². The number of hydrogen-bond donors (Lipinski definition) is 1. The molecular formula is C26H21N3OS3. The monoisotopic (exact) mass is 487 g/mol. The average Bonchev–Trinajstić information content (AvgIpc) is 3.44. The van der Waals surface area contributed by atoms with Gasteiger partial charge in [-0.15, -0.1) is 34.4 Å². The smallest absolute Gasteiger partial charge is 0.256 e. The van der Waals surface area contributed by atoms with Crippen molar-refractivity contribution in [2.45, 2.75) is 24.0 Å². The molecule has 1 N–H and O–H groups in total. The lowest BCUT2D eigenvalue weighted by molar-refractivity contribution is 0.102. The molecule has 0 spiro atoms. The van der Waals surface area contributed by atoms with Gasteiger partial charge in [-0.1, -0.05) is 36.4 Å². The predicted molar refractivity (Wildman–Crippen MR) is 140 cm³/mol. The van der Waals surface area contributed by atoms with E-state index in [2.05, 4.69) is 21.7 Å². The molecule has 0 radical (unpaired) electrons. The zero-order valence-electron chi connectivity index (χ0n) is 17.9. The number of carbonyl (C=O) groups excluding carboxylic acids is 1. The highest BCUT2D eigenvalue weighted by Gasteiger charge is 2.13. The van der Waals surface area contributed by atoms with E-state index in [0.29, 0.717) is 5.56 Å². The summed E-state index contributed by atoms with van der Waals surface area (Å²) in [7, 11) is 0. The number of nitrogens with one attached hydrogen (secondary N) is 1. The maximum atomic E-state index is 13.0. The summed E-state index contributed by atoms with van der Waals surface area (Å²) < 4.78 is 1.21. The first-order valence-electron chi connectivity index (χ1n) is 10.5. The lowest BCUT2D eigenvalue weighted by Crippen LogP contribution is -2.13. The van der Waals surface area contributed by atoms with Crippen LogP contribution in [0.5, 0.6) is 0 Å². The summed E-state index contributed by atoms with van der Waals surface area (Å²) in [5.74, 6) is 0.640. The van der Waals surface area contributed by atoms with Gasteiger partial charge in [0.15, 0.2) is 0 Å². The number of thioether (sulfide) groups is 1. The molecule has 33 heavy (non-hydrogen) atoms. The third-order valence-electron chi connectivity index (χ3n) is 5.08. The Morgan fingerprint density at radius 2 is 1.76 bits per heavy atom. The summed E-state index contributed by atoms with van der Waals surface area (Å²) in [5.41, 5.74) is 4.71. The Morgan fingerprint density at radius 1 is 0.970 bits per heavy atom. The number of benzene rings is 3. The van der Waals surface area contributed by atoms with Crippen molar-refractivity contribution in [3.63, 3.8) is 0 Å². The van der Waals surface area contributed by atoms with E-state index in [1.54, 1.807) is 34.4 Å². The second-order valence-electron chi connectivity index (χ2n) is 7.55. The lowest BCUT2D eigenvalue weighted by atomic mass is 10.1. The molecule has 0 unspecified atom stereocenters. The quantitative estimate of drug-likeness (QED) is 0.247. The number of aryl methyl sites for hydroxylation is 1. The highest BCUT2D eigenvalue weighted by molar-refractivity contribution is 7.98. The van der Waals surface area contributed by atoms with E-state index in [4.69, 9.17) is 4.98 Å². The van der Waals surface area contributed by atoms with Gasteiger partial charge in [0.1, 0.15) is 0 Å². The molecule has 164 valence electrons. The molecule has 0 atom stereocenters. The van der Waals surface area contributed by atoms with Crippen LogP contribution in [-0.2, 0) is 12.2 Å². The van der Waals surface area contributed by atoms with Crippen LogP contribution in [0.2, 0.25) is 0 Å². The summed E-state index contributed by atoms with van der Waals surface area (Å²) >= 11 is 5.01. The van der Waals surface area contributed by atoms with Crippen LogP contribution in [0, 0.1) is 6.92 Å². The summed E-state index contributed by atoms with van der Waals surface area (Å²) in [6.07, 6.45) is 0.781. The molecule has 0 aliphatic carbocycles. The molecule has 0 saturated heterocycles. The number of thiazole rings is 2. The molecule has 0 aliphatic rings. The van der Waals surface area contributed by atoms with Gasteiger partial charge in [0, 0.05) is 28.1 Å². The number of amides is 1. The Hall–Kier alpha value is -3.00. The Bertz CT molecular complexity index is 1370. The van der Waals surface area contributed by atoms with Crippen molar-refractivity contribution in [1.82, 2.24) is 9.97 Å². The number of anilines is 1. The van der Waals surface area contributed by atoms with Gasteiger partial charge in [-0.25, -0.2) is 9.97 Å². The van der Waals surface area contributed by atoms with Gasteiger partial charge < -0.3 is 5.32 Å². The predicted octanol–water partition coefficient (Wildman–Crippen LogP) is 7.20. The highest BCUT2D eigenvalue weighted by atomic mass is 32.2. The highest BCUT2D eigenvalue weighted by Crippen LogP contribution is 2.28. The summed E-state index contributed by atoms with van der Waals surface area (Å²) in [6, 6.07) is 23.9. The topological polar surface area (TPSA) is 54.9 Å². The van der Waals surface area contributed by atoms with Gasteiger partial charge >= 0.3 is 0 Å². The van der Waals surface area contributed by atoms with Crippen LogP contribution in [-0.4, -0.2) is 15.9 Å². The zero-order chi connectivity index (χ0) is 22.6. The Morgan fingerprint density at radius 3 is 2.55 bits per heavy atom. The first-order valence-corrected chi connectivity index (χ1v) is 13.2. The van der Waals surface area contributed by atoms with E-state index < -0.39 is 0 Å². The van der Waals surface area contributed by atoms with Crippen molar-refractivity contribution in [1.29, 1.82) is 0 Å². The third-order valence-corrected chi connectivity index (χ3v) is 8.04. The molecule has 2 heterocycles. The molecule has 4 nitrogen and oxygen atoms in total. The molecule has 0 saturated carbocycles. The van der Waals surface area contributed by atoms with Crippen LogP contribution in [0.15, 0.2) is 83.1 Å². The van der Waals surface area contributed by atoms with Gasteiger partial charge in [0.05, 0.1) is 31.5 Å². The fourth-order valence-electron chi connectivity index (χ4n) is 3.48. The molecule has 3 aromatic carbocycles. The van der Waals surface area contributed by atoms with Gasteiger partial charge in [0.2, 0.25) is 0 Å².